The molecule has 2 aromatic rings. The van der Waals surface area contributed by atoms with E-state index in [1.807, 2.05) is 36.0 Å². The quantitative estimate of drug-likeness (QED) is 0.806. The molecule has 0 bridgehead atoms. The van der Waals surface area contributed by atoms with Crippen molar-refractivity contribution in [2.45, 2.75) is 6.42 Å². The molecule has 1 aromatic carbocycles. The summed E-state index contributed by atoms with van der Waals surface area (Å²) in [7, 11) is 0. The summed E-state index contributed by atoms with van der Waals surface area (Å²) in [6.45, 7) is 0.960. The summed E-state index contributed by atoms with van der Waals surface area (Å²) >= 11 is 1.87. The Bertz CT molecular complexity index is 453. The number of benzene rings is 1. The van der Waals surface area contributed by atoms with Crippen molar-refractivity contribution in [2.75, 3.05) is 23.9 Å². The second kappa shape index (κ2) is 5.70. The number of hydrogen-bond acceptors (Lipinski definition) is 4. The summed E-state index contributed by atoms with van der Waals surface area (Å²) in [6, 6.07) is 8.06. The molecule has 4 heteroatoms. The van der Waals surface area contributed by atoms with Crippen LogP contribution in [-0.2, 0) is 0 Å². The van der Waals surface area contributed by atoms with Gasteiger partial charge < -0.3 is 5.32 Å². The van der Waals surface area contributed by atoms with E-state index >= 15 is 0 Å². The highest BCUT2D eigenvalue weighted by Gasteiger charge is 2.00. The maximum Gasteiger partial charge on any atom is 0.137 e. The van der Waals surface area contributed by atoms with E-state index in [-0.39, 0.29) is 0 Å². The Balaban J connectivity index is 2.11. The zero-order valence-electron chi connectivity index (χ0n) is 9.31. The van der Waals surface area contributed by atoms with Crippen LogP contribution in [0.15, 0.2) is 30.6 Å². The number of para-hydroxylation sites is 1. The molecule has 1 heterocycles. The lowest BCUT2D eigenvalue weighted by Gasteiger charge is -2.07. The maximum atomic E-state index is 4.28. The number of nitrogens with one attached hydrogen (secondary N) is 1. The van der Waals surface area contributed by atoms with Gasteiger partial charge in [-0.2, -0.15) is 11.8 Å². The first-order valence-corrected chi connectivity index (χ1v) is 6.74. The minimum atomic E-state index is 0.937. The van der Waals surface area contributed by atoms with Gasteiger partial charge >= 0.3 is 0 Å². The number of anilines is 1. The third kappa shape index (κ3) is 2.64. The zero-order chi connectivity index (χ0) is 11.2. The Morgan fingerprint density at radius 3 is 3.00 bits per heavy atom. The molecule has 0 fully saturated rings. The van der Waals surface area contributed by atoms with Gasteiger partial charge in [0.1, 0.15) is 12.1 Å². The molecule has 0 saturated carbocycles. The maximum absolute atomic E-state index is 4.28. The van der Waals surface area contributed by atoms with Crippen LogP contribution in [0.4, 0.5) is 5.82 Å². The van der Waals surface area contributed by atoms with Crippen LogP contribution >= 0.6 is 11.8 Å². The molecule has 0 radical (unpaired) electrons. The average Bonchev–Trinajstić information content (AvgIpc) is 2.35. The summed E-state index contributed by atoms with van der Waals surface area (Å²) in [5, 5.41) is 4.45. The molecule has 0 atom stereocenters. The molecule has 2 rings (SSSR count). The van der Waals surface area contributed by atoms with Gasteiger partial charge in [-0.3, -0.25) is 0 Å². The first-order valence-electron chi connectivity index (χ1n) is 5.34. The number of aromatic nitrogens is 2. The van der Waals surface area contributed by atoms with E-state index in [0.717, 1.165) is 29.7 Å². The van der Waals surface area contributed by atoms with Gasteiger partial charge in [0, 0.05) is 11.9 Å². The monoisotopic (exact) mass is 233 g/mol. The van der Waals surface area contributed by atoms with E-state index in [0.29, 0.717) is 0 Å². The lowest BCUT2D eigenvalue weighted by atomic mass is 10.2. The predicted molar refractivity (Wildman–Crippen MR) is 71.0 cm³/mol. The Hall–Kier alpha value is -1.29. The molecular formula is C12H15N3S. The van der Waals surface area contributed by atoms with Crippen molar-refractivity contribution in [3.8, 4) is 0 Å². The predicted octanol–water partition coefficient (Wildman–Crippen LogP) is 2.79. The first-order chi connectivity index (χ1) is 7.92. The second-order valence-electron chi connectivity index (χ2n) is 3.51. The molecule has 0 aliphatic heterocycles. The van der Waals surface area contributed by atoms with E-state index in [9.17, 15) is 0 Å². The van der Waals surface area contributed by atoms with Crippen molar-refractivity contribution >= 4 is 28.5 Å². The Kier molecular flexibility index (Phi) is 3.99. The molecule has 1 N–H and O–H groups in total. The van der Waals surface area contributed by atoms with Crippen LogP contribution < -0.4 is 5.32 Å². The van der Waals surface area contributed by atoms with Crippen LogP contribution in [0.1, 0.15) is 6.42 Å². The van der Waals surface area contributed by atoms with Gasteiger partial charge in [0.15, 0.2) is 0 Å². The second-order valence-corrected chi connectivity index (χ2v) is 4.50. The molecule has 84 valence electrons. The minimum absolute atomic E-state index is 0.937. The van der Waals surface area contributed by atoms with Crippen molar-refractivity contribution in [1.82, 2.24) is 9.97 Å². The lowest BCUT2D eigenvalue weighted by molar-refractivity contribution is 0.982. The highest BCUT2D eigenvalue weighted by atomic mass is 32.2. The van der Waals surface area contributed by atoms with Crippen LogP contribution in [0.25, 0.3) is 10.9 Å². The Labute approximate surface area is 99.7 Å². The fraction of sp³-hybridized carbons (Fsp3) is 0.333. The van der Waals surface area contributed by atoms with E-state index in [4.69, 9.17) is 0 Å². The topological polar surface area (TPSA) is 37.8 Å². The van der Waals surface area contributed by atoms with Crippen molar-refractivity contribution < 1.29 is 0 Å². The van der Waals surface area contributed by atoms with Crippen molar-refractivity contribution in [2.24, 2.45) is 0 Å². The molecule has 16 heavy (non-hydrogen) atoms. The Morgan fingerprint density at radius 2 is 2.12 bits per heavy atom. The number of rotatable bonds is 5. The molecule has 1 aromatic heterocycles. The fourth-order valence-corrected chi connectivity index (χ4v) is 2.00. The van der Waals surface area contributed by atoms with Gasteiger partial charge in [-0.25, -0.2) is 9.97 Å². The van der Waals surface area contributed by atoms with Crippen LogP contribution in [0, 0.1) is 0 Å². The number of hydrogen-bond donors (Lipinski definition) is 1. The first kappa shape index (κ1) is 11.2. The third-order valence-corrected chi connectivity index (χ3v) is 3.06. The normalized spacial score (nSPS) is 10.6. The summed E-state index contributed by atoms with van der Waals surface area (Å²) in [6.07, 6.45) is 4.89. The fourth-order valence-electron chi connectivity index (χ4n) is 1.57. The average molecular weight is 233 g/mol. The van der Waals surface area contributed by atoms with Crippen LogP contribution in [0.3, 0.4) is 0 Å². The van der Waals surface area contributed by atoms with Crippen molar-refractivity contribution in [1.29, 1.82) is 0 Å². The van der Waals surface area contributed by atoms with Crippen LogP contribution in [0.2, 0.25) is 0 Å². The van der Waals surface area contributed by atoms with Gasteiger partial charge in [0.25, 0.3) is 0 Å². The van der Waals surface area contributed by atoms with E-state index in [1.165, 1.54) is 5.75 Å². The van der Waals surface area contributed by atoms with Gasteiger partial charge in [0.2, 0.25) is 0 Å². The third-order valence-electron chi connectivity index (χ3n) is 2.36. The van der Waals surface area contributed by atoms with E-state index in [1.54, 1.807) is 6.33 Å². The summed E-state index contributed by atoms with van der Waals surface area (Å²) in [5.74, 6) is 2.11. The smallest absolute Gasteiger partial charge is 0.137 e. The summed E-state index contributed by atoms with van der Waals surface area (Å²) in [5.41, 5.74) is 0.991. The van der Waals surface area contributed by atoms with Crippen molar-refractivity contribution in [3.05, 3.63) is 30.6 Å². The van der Waals surface area contributed by atoms with Gasteiger partial charge in [0.05, 0.1) is 5.52 Å². The number of thioether (sulfide) groups is 1. The SMILES string of the molecule is CSCCCNc1ncnc2ccccc12. The highest BCUT2D eigenvalue weighted by Crippen LogP contribution is 2.18. The molecule has 0 spiro atoms. The van der Waals surface area contributed by atoms with E-state index < -0.39 is 0 Å². The van der Waals surface area contributed by atoms with Crippen LogP contribution in [0.5, 0.6) is 0 Å². The summed E-state index contributed by atoms with van der Waals surface area (Å²) < 4.78 is 0. The molecular weight excluding hydrogens is 218 g/mol. The van der Waals surface area contributed by atoms with Gasteiger partial charge in [-0.05, 0) is 30.6 Å². The molecule has 0 aliphatic carbocycles. The largest absolute Gasteiger partial charge is 0.369 e. The van der Waals surface area contributed by atoms with E-state index in [2.05, 4.69) is 21.5 Å². The number of nitrogens with zero attached hydrogens (tertiary/aromatic N) is 2. The molecule has 0 aliphatic rings. The van der Waals surface area contributed by atoms with Gasteiger partial charge in [-0.1, -0.05) is 12.1 Å². The molecule has 0 saturated heterocycles. The standard InChI is InChI=1S/C12H15N3S/c1-16-8-4-7-13-12-10-5-2-3-6-11(10)14-9-15-12/h2-3,5-6,9H,4,7-8H2,1H3,(H,13,14,15). The molecule has 3 nitrogen and oxygen atoms in total. The highest BCUT2D eigenvalue weighted by molar-refractivity contribution is 7.98. The zero-order valence-corrected chi connectivity index (χ0v) is 10.1. The summed E-state index contributed by atoms with van der Waals surface area (Å²) in [4.78, 5) is 8.51. The van der Waals surface area contributed by atoms with Gasteiger partial charge in [-0.15, -0.1) is 0 Å². The van der Waals surface area contributed by atoms with Crippen LogP contribution in [-0.4, -0.2) is 28.5 Å². The minimum Gasteiger partial charge on any atom is -0.369 e. The molecule has 0 amide bonds. The lowest BCUT2D eigenvalue weighted by Crippen LogP contribution is -2.05. The Morgan fingerprint density at radius 1 is 1.25 bits per heavy atom. The number of fused-ring (bicyclic) bond motifs is 1. The van der Waals surface area contributed by atoms with Crippen molar-refractivity contribution in [3.63, 3.8) is 0 Å². The molecule has 0 unspecified atom stereocenters.